The van der Waals surface area contributed by atoms with E-state index in [-0.39, 0.29) is 0 Å². The van der Waals surface area contributed by atoms with Crippen LogP contribution in [0.1, 0.15) is 59.8 Å². The van der Waals surface area contributed by atoms with Crippen molar-refractivity contribution in [2.75, 3.05) is 19.6 Å². The molecule has 110 valence electrons. The molecule has 19 heavy (non-hydrogen) atoms. The van der Waals surface area contributed by atoms with Crippen LogP contribution in [0.15, 0.2) is 23.4 Å². The fraction of sp³-hybridized carbons (Fsp3) is 0.765. The lowest BCUT2D eigenvalue weighted by molar-refractivity contribution is 0.206. The largest absolute Gasteiger partial charge is 0.385 e. The second-order valence-corrected chi connectivity index (χ2v) is 5.68. The Labute approximate surface area is 120 Å². The van der Waals surface area contributed by atoms with Gasteiger partial charge in [0.2, 0.25) is 0 Å². The van der Waals surface area contributed by atoms with Gasteiger partial charge >= 0.3 is 0 Å². The standard InChI is InChI=1S/C17H32N2/c1-5-10-16(4)19(6-2)14-9-13-18-17-12-8-7-11-15(17)3/h8,12,16,18H,5-7,9-11,13-14H2,1-4H3. The third-order valence-corrected chi connectivity index (χ3v) is 4.10. The van der Waals surface area contributed by atoms with Crippen LogP contribution >= 0.6 is 0 Å². The maximum atomic E-state index is 3.59. The summed E-state index contributed by atoms with van der Waals surface area (Å²) < 4.78 is 0. The van der Waals surface area contributed by atoms with Gasteiger partial charge in [0.15, 0.2) is 0 Å². The summed E-state index contributed by atoms with van der Waals surface area (Å²) in [7, 11) is 0. The molecule has 0 aromatic heterocycles. The van der Waals surface area contributed by atoms with Crippen LogP contribution < -0.4 is 5.32 Å². The fourth-order valence-electron chi connectivity index (χ4n) is 2.78. The van der Waals surface area contributed by atoms with Crippen molar-refractivity contribution in [3.05, 3.63) is 23.4 Å². The maximum Gasteiger partial charge on any atom is 0.0326 e. The lowest BCUT2D eigenvalue weighted by Gasteiger charge is -2.27. The monoisotopic (exact) mass is 264 g/mol. The van der Waals surface area contributed by atoms with Gasteiger partial charge < -0.3 is 10.2 Å². The molecule has 2 heteroatoms. The van der Waals surface area contributed by atoms with Crippen molar-refractivity contribution in [3.8, 4) is 0 Å². The van der Waals surface area contributed by atoms with E-state index in [1.807, 2.05) is 0 Å². The first kappa shape index (κ1) is 16.3. The normalized spacial score (nSPS) is 17.1. The van der Waals surface area contributed by atoms with Crippen molar-refractivity contribution < 1.29 is 0 Å². The summed E-state index contributed by atoms with van der Waals surface area (Å²) in [5.74, 6) is 0. The molecule has 1 N–H and O–H groups in total. The average molecular weight is 264 g/mol. The summed E-state index contributed by atoms with van der Waals surface area (Å²) in [5, 5.41) is 3.59. The summed E-state index contributed by atoms with van der Waals surface area (Å²) in [6.07, 6.45) is 10.8. The van der Waals surface area contributed by atoms with Gasteiger partial charge in [0.05, 0.1) is 0 Å². The van der Waals surface area contributed by atoms with E-state index in [9.17, 15) is 0 Å². The zero-order valence-electron chi connectivity index (χ0n) is 13.3. The molecule has 0 aromatic rings. The Morgan fingerprint density at radius 2 is 2.16 bits per heavy atom. The van der Waals surface area contributed by atoms with Crippen molar-refractivity contribution in [1.82, 2.24) is 10.2 Å². The van der Waals surface area contributed by atoms with Gasteiger partial charge in [-0.15, -0.1) is 0 Å². The second kappa shape index (κ2) is 9.19. The molecule has 0 bridgehead atoms. The van der Waals surface area contributed by atoms with Crippen molar-refractivity contribution in [1.29, 1.82) is 0 Å². The van der Waals surface area contributed by atoms with Gasteiger partial charge in [-0.3, -0.25) is 0 Å². The van der Waals surface area contributed by atoms with E-state index in [1.54, 1.807) is 0 Å². The van der Waals surface area contributed by atoms with Gasteiger partial charge in [-0.1, -0.05) is 26.3 Å². The molecule has 0 fully saturated rings. The molecule has 0 saturated carbocycles. The van der Waals surface area contributed by atoms with Crippen molar-refractivity contribution in [3.63, 3.8) is 0 Å². The fourth-order valence-corrected chi connectivity index (χ4v) is 2.78. The minimum Gasteiger partial charge on any atom is -0.385 e. The quantitative estimate of drug-likeness (QED) is 0.631. The molecule has 0 aliphatic heterocycles. The Morgan fingerprint density at radius 3 is 2.79 bits per heavy atom. The van der Waals surface area contributed by atoms with Crippen LogP contribution in [0.2, 0.25) is 0 Å². The van der Waals surface area contributed by atoms with E-state index in [0.717, 1.165) is 12.6 Å². The van der Waals surface area contributed by atoms with Gasteiger partial charge in [-0.05, 0) is 57.7 Å². The molecule has 1 unspecified atom stereocenters. The van der Waals surface area contributed by atoms with Crippen molar-refractivity contribution in [2.24, 2.45) is 0 Å². The zero-order chi connectivity index (χ0) is 14.1. The van der Waals surface area contributed by atoms with Crippen LogP contribution in [0.5, 0.6) is 0 Å². The van der Waals surface area contributed by atoms with Crippen molar-refractivity contribution in [2.45, 2.75) is 65.8 Å². The number of hydrogen-bond acceptors (Lipinski definition) is 2. The Morgan fingerprint density at radius 1 is 1.37 bits per heavy atom. The zero-order valence-corrected chi connectivity index (χ0v) is 13.3. The van der Waals surface area contributed by atoms with Gasteiger partial charge in [0.25, 0.3) is 0 Å². The summed E-state index contributed by atoms with van der Waals surface area (Å²) >= 11 is 0. The molecule has 1 aliphatic carbocycles. The Hall–Kier alpha value is -0.760. The summed E-state index contributed by atoms with van der Waals surface area (Å²) in [6, 6.07) is 0.727. The molecular formula is C17H32N2. The first-order chi connectivity index (χ1) is 9.19. The Balaban J connectivity index is 2.24. The first-order valence-electron chi connectivity index (χ1n) is 8.03. The number of rotatable bonds is 9. The molecule has 1 rings (SSSR count). The van der Waals surface area contributed by atoms with Gasteiger partial charge in [-0.2, -0.15) is 0 Å². The third kappa shape index (κ3) is 5.82. The van der Waals surface area contributed by atoms with E-state index in [4.69, 9.17) is 0 Å². The molecule has 0 aromatic carbocycles. The highest BCUT2D eigenvalue weighted by Gasteiger charge is 2.10. The molecule has 1 aliphatic rings. The summed E-state index contributed by atoms with van der Waals surface area (Å²) in [4.78, 5) is 2.60. The summed E-state index contributed by atoms with van der Waals surface area (Å²) in [6.45, 7) is 12.6. The Kier molecular flexibility index (Phi) is 7.88. The molecule has 2 nitrogen and oxygen atoms in total. The molecule has 1 atom stereocenters. The number of hydrogen-bond donors (Lipinski definition) is 1. The summed E-state index contributed by atoms with van der Waals surface area (Å²) in [5.41, 5.74) is 2.87. The van der Waals surface area contributed by atoms with Crippen LogP contribution in [-0.2, 0) is 0 Å². The van der Waals surface area contributed by atoms with Gasteiger partial charge in [-0.25, -0.2) is 0 Å². The average Bonchev–Trinajstić information content (AvgIpc) is 2.41. The van der Waals surface area contributed by atoms with Crippen LogP contribution in [-0.4, -0.2) is 30.6 Å². The van der Waals surface area contributed by atoms with Crippen LogP contribution in [0.4, 0.5) is 0 Å². The molecule has 0 heterocycles. The van der Waals surface area contributed by atoms with E-state index in [2.05, 4.69) is 50.1 Å². The minimum atomic E-state index is 0.727. The maximum absolute atomic E-state index is 3.59. The van der Waals surface area contributed by atoms with Crippen LogP contribution in [0.3, 0.4) is 0 Å². The first-order valence-corrected chi connectivity index (χ1v) is 8.03. The number of allylic oxidation sites excluding steroid dienone is 3. The number of nitrogens with one attached hydrogen (secondary N) is 1. The molecule has 0 saturated heterocycles. The van der Waals surface area contributed by atoms with Crippen LogP contribution in [0, 0.1) is 0 Å². The second-order valence-electron chi connectivity index (χ2n) is 5.68. The van der Waals surface area contributed by atoms with E-state index >= 15 is 0 Å². The molecule has 0 spiro atoms. The topological polar surface area (TPSA) is 15.3 Å². The smallest absolute Gasteiger partial charge is 0.0326 e. The third-order valence-electron chi connectivity index (χ3n) is 4.10. The van der Waals surface area contributed by atoms with E-state index in [1.165, 1.54) is 56.5 Å². The number of nitrogens with zero attached hydrogens (tertiary/aromatic N) is 1. The molecule has 0 amide bonds. The highest BCUT2D eigenvalue weighted by atomic mass is 15.1. The minimum absolute atomic E-state index is 0.727. The lowest BCUT2D eigenvalue weighted by Crippen LogP contribution is -2.35. The SMILES string of the molecule is CCCC(C)N(CC)CCCNC1=C(C)CCC=C1. The highest BCUT2D eigenvalue weighted by molar-refractivity contribution is 5.26. The predicted octanol–water partition coefficient (Wildman–Crippen LogP) is 4.10. The highest BCUT2D eigenvalue weighted by Crippen LogP contribution is 2.15. The van der Waals surface area contributed by atoms with E-state index in [0.29, 0.717) is 0 Å². The van der Waals surface area contributed by atoms with Gasteiger partial charge in [0, 0.05) is 24.8 Å². The van der Waals surface area contributed by atoms with E-state index < -0.39 is 0 Å². The predicted molar refractivity (Wildman–Crippen MR) is 85.3 cm³/mol. The van der Waals surface area contributed by atoms with Crippen LogP contribution in [0.25, 0.3) is 0 Å². The van der Waals surface area contributed by atoms with Crippen molar-refractivity contribution >= 4 is 0 Å². The molecular weight excluding hydrogens is 232 g/mol. The lowest BCUT2D eigenvalue weighted by atomic mass is 10.0. The molecule has 0 radical (unpaired) electrons. The Bertz CT molecular complexity index is 304. The van der Waals surface area contributed by atoms with Gasteiger partial charge in [0.1, 0.15) is 0 Å².